The summed E-state index contributed by atoms with van der Waals surface area (Å²) >= 11 is 5.11. The van der Waals surface area contributed by atoms with E-state index in [2.05, 4.69) is 38.6 Å². The topological polar surface area (TPSA) is 49.6 Å². The smallest absolute Gasteiger partial charge is 0.187 e. The van der Waals surface area contributed by atoms with Crippen molar-refractivity contribution in [1.82, 2.24) is 4.98 Å². The number of aromatic nitrogens is 1. The lowest BCUT2D eigenvalue weighted by atomic mass is 10.3. The summed E-state index contributed by atoms with van der Waals surface area (Å²) in [4.78, 5) is 4.71. The first-order valence-corrected chi connectivity index (χ1v) is 11.2. The molecule has 134 valence electrons. The first kappa shape index (κ1) is 17.9. The van der Waals surface area contributed by atoms with Crippen LogP contribution in [0.3, 0.4) is 0 Å². The number of thioether (sulfide) groups is 1. The van der Waals surface area contributed by atoms with E-state index in [-0.39, 0.29) is 0 Å². The fraction of sp³-hybridized carbons (Fsp3) is 0.0500. The van der Waals surface area contributed by atoms with Gasteiger partial charge in [0.05, 0.1) is 21.3 Å². The average molecular weight is 409 g/mol. The number of hydrogen-bond acceptors (Lipinski definition) is 7. The van der Waals surface area contributed by atoms with E-state index in [1.54, 1.807) is 34.4 Å². The lowest BCUT2D eigenvalue weighted by Gasteiger charge is -2.02. The minimum absolute atomic E-state index is 0.812. The zero-order chi connectivity index (χ0) is 18.5. The number of thiophene rings is 1. The Hall–Kier alpha value is -2.48. The van der Waals surface area contributed by atoms with Crippen molar-refractivity contribution in [2.75, 3.05) is 11.6 Å². The van der Waals surface area contributed by atoms with Gasteiger partial charge in [-0.2, -0.15) is 10.2 Å². The molecule has 0 aliphatic heterocycles. The molecule has 7 heteroatoms. The summed E-state index contributed by atoms with van der Waals surface area (Å²) in [5.41, 5.74) is 4.85. The number of benzene rings is 2. The van der Waals surface area contributed by atoms with Gasteiger partial charge in [0, 0.05) is 16.6 Å². The Morgan fingerprint density at radius 3 is 2.37 bits per heavy atom. The zero-order valence-electron chi connectivity index (χ0n) is 14.5. The third kappa shape index (κ3) is 4.44. The Kier molecular flexibility index (Phi) is 5.62. The maximum absolute atomic E-state index is 4.71. The van der Waals surface area contributed by atoms with E-state index in [9.17, 15) is 0 Å². The highest BCUT2D eigenvalue weighted by molar-refractivity contribution is 8.00. The molecule has 4 nitrogen and oxygen atoms in total. The first-order valence-electron chi connectivity index (χ1n) is 8.23. The average Bonchev–Trinajstić information content (AvgIpc) is 3.37. The van der Waals surface area contributed by atoms with E-state index < -0.39 is 0 Å². The minimum atomic E-state index is 0.812. The molecular formula is C20H16N4S3. The van der Waals surface area contributed by atoms with Crippen molar-refractivity contribution in [3.8, 4) is 11.3 Å². The van der Waals surface area contributed by atoms with Crippen LogP contribution in [0.2, 0.25) is 0 Å². The van der Waals surface area contributed by atoms with Crippen molar-refractivity contribution in [3.63, 3.8) is 0 Å². The number of nitrogens with one attached hydrogen (secondary N) is 1. The van der Waals surface area contributed by atoms with Crippen LogP contribution in [-0.4, -0.2) is 11.2 Å². The third-order valence-corrected chi connectivity index (χ3v) is 6.59. The Labute approximate surface area is 170 Å². The number of thiazole rings is 1. The summed E-state index contributed by atoms with van der Waals surface area (Å²) in [7, 11) is 0. The van der Waals surface area contributed by atoms with E-state index in [0.29, 0.717) is 0 Å². The van der Waals surface area contributed by atoms with Gasteiger partial charge in [-0.3, -0.25) is 0 Å². The monoisotopic (exact) mass is 408 g/mol. The van der Waals surface area contributed by atoms with Gasteiger partial charge in [0.1, 0.15) is 0 Å². The summed E-state index contributed by atoms with van der Waals surface area (Å²) in [5, 5.41) is 16.9. The molecule has 1 N–H and O–H groups in total. The largest absolute Gasteiger partial charge is 0.332 e. The molecular weight excluding hydrogens is 392 g/mol. The second-order valence-electron chi connectivity index (χ2n) is 5.57. The van der Waals surface area contributed by atoms with Gasteiger partial charge in [-0.1, -0.05) is 18.2 Å². The highest BCUT2D eigenvalue weighted by atomic mass is 32.2. The molecule has 0 amide bonds. The van der Waals surface area contributed by atoms with E-state index in [4.69, 9.17) is 4.98 Å². The second kappa shape index (κ2) is 8.47. The van der Waals surface area contributed by atoms with Gasteiger partial charge in [-0.15, -0.1) is 34.4 Å². The van der Waals surface area contributed by atoms with Crippen LogP contribution in [0.4, 0.5) is 22.2 Å². The number of anilines is 2. The summed E-state index contributed by atoms with van der Waals surface area (Å²) in [6, 6.07) is 19.7. The van der Waals surface area contributed by atoms with Gasteiger partial charge in [-0.25, -0.2) is 4.98 Å². The van der Waals surface area contributed by atoms with Crippen LogP contribution in [0.1, 0.15) is 0 Å². The third-order valence-electron chi connectivity index (χ3n) is 3.75. The molecule has 0 aliphatic carbocycles. The second-order valence-corrected chi connectivity index (χ2v) is 8.42. The molecule has 0 saturated heterocycles. The molecule has 0 spiro atoms. The molecule has 0 bridgehead atoms. The van der Waals surface area contributed by atoms with Crippen molar-refractivity contribution in [1.29, 1.82) is 0 Å². The van der Waals surface area contributed by atoms with Crippen LogP contribution in [0.5, 0.6) is 0 Å². The summed E-state index contributed by atoms with van der Waals surface area (Å²) in [5.74, 6) is 0. The highest BCUT2D eigenvalue weighted by Crippen LogP contribution is 2.36. The SMILES string of the molecule is CSc1sccc1-c1csc(Nc2ccc(N=Nc3ccccc3)cc2)n1. The summed E-state index contributed by atoms with van der Waals surface area (Å²) in [6.07, 6.45) is 2.09. The fourth-order valence-electron chi connectivity index (χ4n) is 2.44. The van der Waals surface area contributed by atoms with Gasteiger partial charge in [0.2, 0.25) is 0 Å². The molecule has 4 rings (SSSR count). The van der Waals surface area contributed by atoms with Gasteiger partial charge in [0.15, 0.2) is 5.13 Å². The van der Waals surface area contributed by atoms with Crippen LogP contribution in [0.15, 0.2) is 85.9 Å². The molecule has 2 aromatic carbocycles. The quantitative estimate of drug-likeness (QED) is 0.262. The van der Waals surface area contributed by atoms with Gasteiger partial charge in [-0.05, 0) is 54.1 Å². The Bertz CT molecular complexity index is 1040. The van der Waals surface area contributed by atoms with Crippen molar-refractivity contribution in [2.24, 2.45) is 10.2 Å². The lowest BCUT2D eigenvalue weighted by molar-refractivity contribution is 1.23. The standard InChI is InChI=1S/C20H16N4S3/c1-25-19-17(11-12-26-19)18-13-27-20(22-18)21-14-7-9-16(10-8-14)24-23-15-5-3-2-4-6-15/h2-13H,1H3,(H,21,22). The molecule has 0 radical (unpaired) electrons. The fourth-order valence-corrected chi connectivity index (χ4v) is 4.75. The van der Waals surface area contributed by atoms with Gasteiger partial charge >= 0.3 is 0 Å². The minimum Gasteiger partial charge on any atom is -0.332 e. The number of hydrogen-bond donors (Lipinski definition) is 1. The predicted octanol–water partition coefficient (Wildman–Crippen LogP) is 7.75. The predicted molar refractivity (Wildman–Crippen MR) is 118 cm³/mol. The first-order chi connectivity index (χ1) is 13.3. The normalized spacial score (nSPS) is 11.1. The maximum atomic E-state index is 4.71. The zero-order valence-corrected chi connectivity index (χ0v) is 16.9. The number of rotatable bonds is 6. The molecule has 0 saturated carbocycles. The molecule has 4 aromatic rings. The Morgan fingerprint density at radius 2 is 1.63 bits per heavy atom. The summed E-state index contributed by atoms with van der Waals surface area (Å²) < 4.78 is 1.29. The highest BCUT2D eigenvalue weighted by Gasteiger charge is 2.10. The van der Waals surface area contributed by atoms with E-state index in [1.165, 1.54) is 9.77 Å². The number of nitrogens with zero attached hydrogens (tertiary/aromatic N) is 3. The Morgan fingerprint density at radius 1 is 0.889 bits per heavy atom. The van der Waals surface area contributed by atoms with Crippen molar-refractivity contribution in [2.45, 2.75) is 4.21 Å². The van der Waals surface area contributed by atoms with E-state index in [1.807, 2.05) is 54.6 Å². The van der Waals surface area contributed by atoms with Crippen LogP contribution in [-0.2, 0) is 0 Å². The molecule has 0 fully saturated rings. The molecule has 2 aromatic heterocycles. The molecule has 2 heterocycles. The van der Waals surface area contributed by atoms with Crippen molar-refractivity contribution >= 4 is 56.6 Å². The van der Waals surface area contributed by atoms with Crippen LogP contribution in [0, 0.1) is 0 Å². The van der Waals surface area contributed by atoms with Crippen LogP contribution >= 0.6 is 34.4 Å². The van der Waals surface area contributed by atoms with Gasteiger partial charge in [0.25, 0.3) is 0 Å². The van der Waals surface area contributed by atoms with E-state index in [0.717, 1.165) is 27.9 Å². The molecule has 0 atom stereocenters. The molecule has 0 unspecified atom stereocenters. The van der Waals surface area contributed by atoms with Crippen LogP contribution < -0.4 is 5.32 Å². The van der Waals surface area contributed by atoms with Gasteiger partial charge < -0.3 is 5.32 Å². The summed E-state index contributed by atoms with van der Waals surface area (Å²) in [6.45, 7) is 0. The van der Waals surface area contributed by atoms with Crippen molar-refractivity contribution < 1.29 is 0 Å². The van der Waals surface area contributed by atoms with E-state index >= 15 is 0 Å². The van der Waals surface area contributed by atoms with Crippen molar-refractivity contribution in [3.05, 3.63) is 71.4 Å². The molecule has 0 aliphatic rings. The lowest BCUT2D eigenvalue weighted by Crippen LogP contribution is -1.88. The molecule has 27 heavy (non-hydrogen) atoms. The number of azo groups is 1. The van der Waals surface area contributed by atoms with Crippen LogP contribution in [0.25, 0.3) is 11.3 Å². The maximum Gasteiger partial charge on any atom is 0.187 e. The Balaban J connectivity index is 1.44.